The van der Waals surface area contributed by atoms with E-state index in [1.807, 2.05) is 100 Å². The molecule has 0 bridgehead atoms. The van der Waals surface area contributed by atoms with Crippen molar-refractivity contribution < 1.29 is 9.59 Å². The zero-order valence-electron chi connectivity index (χ0n) is 20.8. The number of aryl methyl sites for hydroxylation is 2. The minimum atomic E-state index is -0.603. The van der Waals surface area contributed by atoms with Gasteiger partial charge in [-0.2, -0.15) is 0 Å². The highest BCUT2D eigenvalue weighted by Crippen LogP contribution is 2.18. The first-order valence-electron chi connectivity index (χ1n) is 12.1. The normalized spacial score (nSPS) is 12.6. The van der Waals surface area contributed by atoms with Crippen molar-refractivity contribution in [2.75, 3.05) is 0 Å². The molecule has 0 aliphatic heterocycles. The monoisotopic (exact) mass is 456 g/mol. The number of amides is 2. The highest BCUT2D eigenvalue weighted by atomic mass is 16.2. The predicted molar refractivity (Wildman–Crippen MR) is 138 cm³/mol. The predicted octanol–water partition coefficient (Wildman–Crippen LogP) is 5.40. The first-order chi connectivity index (χ1) is 16.4. The van der Waals surface area contributed by atoms with E-state index < -0.39 is 6.04 Å². The van der Waals surface area contributed by atoms with Crippen LogP contribution < -0.4 is 5.32 Å². The smallest absolute Gasteiger partial charge is 0.243 e. The summed E-state index contributed by atoms with van der Waals surface area (Å²) in [6.45, 7) is 8.50. The Balaban J connectivity index is 1.97. The van der Waals surface area contributed by atoms with Gasteiger partial charge in [0.05, 0.1) is 6.42 Å². The second kappa shape index (κ2) is 12.2. The summed E-state index contributed by atoms with van der Waals surface area (Å²) in [5, 5.41) is 3.12. The number of nitrogens with one attached hydrogen (secondary N) is 1. The molecule has 0 saturated heterocycles. The largest absolute Gasteiger partial charge is 0.352 e. The van der Waals surface area contributed by atoms with Crippen LogP contribution >= 0.6 is 0 Å². The van der Waals surface area contributed by atoms with E-state index in [0.29, 0.717) is 13.0 Å². The minimum Gasteiger partial charge on any atom is -0.352 e. The average molecular weight is 457 g/mol. The van der Waals surface area contributed by atoms with Crippen LogP contribution in [0.2, 0.25) is 0 Å². The first-order valence-corrected chi connectivity index (χ1v) is 12.1. The Labute approximate surface area is 204 Å². The molecule has 3 aromatic carbocycles. The molecule has 0 radical (unpaired) electrons. The van der Waals surface area contributed by atoms with E-state index in [0.717, 1.165) is 34.2 Å². The lowest BCUT2D eigenvalue weighted by Gasteiger charge is -2.32. The first kappa shape index (κ1) is 25.2. The molecule has 2 atom stereocenters. The SMILES string of the molecule is CC[C@H](C)NC(=O)[C@@H](Cc1ccccc1)N(Cc1cccc(C)c1)C(=O)Cc1cccc(C)c1. The molecule has 0 aromatic heterocycles. The second-order valence-corrected chi connectivity index (χ2v) is 9.20. The summed E-state index contributed by atoms with van der Waals surface area (Å²) in [4.78, 5) is 29.0. The Bertz CT molecular complexity index is 1090. The standard InChI is InChI=1S/C30H36N2O2/c1-5-24(4)31-30(34)28(19-25-13-7-6-8-14-25)32(21-27-16-10-12-23(3)18-27)29(33)20-26-15-9-11-22(2)17-26/h6-18,24,28H,5,19-21H2,1-4H3,(H,31,34)/t24-,28+/m0/s1. The van der Waals surface area contributed by atoms with E-state index in [1.165, 1.54) is 0 Å². The van der Waals surface area contributed by atoms with E-state index in [9.17, 15) is 9.59 Å². The maximum absolute atomic E-state index is 13.8. The van der Waals surface area contributed by atoms with Crippen molar-refractivity contribution in [1.82, 2.24) is 10.2 Å². The van der Waals surface area contributed by atoms with Gasteiger partial charge in [-0.15, -0.1) is 0 Å². The van der Waals surface area contributed by atoms with Gasteiger partial charge in [-0.25, -0.2) is 0 Å². The van der Waals surface area contributed by atoms with Crippen LogP contribution in [0.4, 0.5) is 0 Å². The number of rotatable bonds is 10. The Morgan fingerprint density at radius 1 is 0.824 bits per heavy atom. The fraction of sp³-hybridized carbons (Fsp3) is 0.333. The summed E-state index contributed by atoms with van der Waals surface area (Å²) in [6.07, 6.45) is 1.56. The molecule has 0 fully saturated rings. The van der Waals surface area contributed by atoms with E-state index in [4.69, 9.17) is 0 Å². The Morgan fingerprint density at radius 3 is 2.03 bits per heavy atom. The van der Waals surface area contributed by atoms with Crippen molar-refractivity contribution >= 4 is 11.8 Å². The number of carbonyl (C=O) groups is 2. The van der Waals surface area contributed by atoms with Gasteiger partial charge in [-0.05, 0) is 43.9 Å². The molecule has 0 aliphatic carbocycles. The van der Waals surface area contributed by atoms with E-state index in [-0.39, 0.29) is 24.3 Å². The quantitative estimate of drug-likeness (QED) is 0.444. The van der Waals surface area contributed by atoms with Gasteiger partial charge < -0.3 is 10.2 Å². The van der Waals surface area contributed by atoms with Crippen molar-refractivity contribution in [3.63, 3.8) is 0 Å². The molecule has 1 N–H and O–H groups in total. The van der Waals surface area contributed by atoms with Crippen LogP contribution in [0.5, 0.6) is 0 Å². The number of hydrogen-bond acceptors (Lipinski definition) is 2. The summed E-state index contributed by atoms with van der Waals surface area (Å²) in [6, 6.07) is 25.5. The van der Waals surface area contributed by atoms with Gasteiger partial charge >= 0.3 is 0 Å². The van der Waals surface area contributed by atoms with E-state index in [2.05, 4.69) is 11.4 Å². The van der Waals surface area contributed by atoms with E-state index in [1.54, 1.807) is 4.90 Å². The molecular formula is C30H36N2O2. The minimum absolute atomic E-state index is 0.0402. The fourth-order valence-electron chi connectivity index (χ4n) is 4.10. The number of carbonyl (C=O) groups excluding carboxylic acids is 2. The summed E-state index contributed by atoms with van der Waals surface area (Å²) < 4.78 is 0. The molecule has 4 heteroatoms. The average Bonchev–Trinajstić information content (AvgIpc) is 2.81. The van der Waals surface area contributed by atoms with Gasteiger partial charge in [0.2, 0.25) is 11.8 Å². The van der Waals surface area contributed by atoms with Crippen LogP contribution in [0.1, 0.15) is 48.1 Å². The van der Waals surface area contributed by atoms with Crippen LogP contribution in [0.15, 0.2) is 78.9 Å². The molecular weight excluding hydrogens is 420 g/mol. The van der Waals surface area contributed by atoms with Crippen LogP contribution in [-0.4, -0.2) is 28.8 Å². The lowest BCUT2D eigenvalue weighted by atomic mass is 10.0. The zero-order chi connectivity index (χ0) is 24.5. The van der Waals surface area contributed by atoms with Crippen LogP contribution in [0.25, 0.3) is 0 Å². The third-order valence-corrected chi connectivity index (χ3v) is 6.15. The van der Waals surface area contributed by atoms with Crippen molar-refractivity contribution in [2.24, 2.45) is 0 Å². The summed E-state index contributed by atoms with van der Waals surface area (Å²) in [5.41, 5.74) is 5.26. The molecule has 3 aromatic rings. The molecule has 34 heavy (non-hydrogen) atoms. The van der Waals surface area contributed by atoms with Crippen molar-refractivity contribution in [1.29, 1.82) is 0 Å². The molecule has 0 aliphatic rings. The van der Waals surface area contributed by atoms with Gasteiger partial charge in [0.25, 0.3) is 0 Å². The lowest BCUT2D eigenvalue weighted by molar-refractivity contribution is -0.141. The second-order valence-electron chi connectivity index (χ2n) is 9.20. The zero-order valence-corrected chi connectivity index (χ0v) is 20.8. The van der Waals surface area contributed by atoms with Gasteiger partial charge in [0.15, 0.2) is 0 Å². The lowest BCUT2D eigenvalue weighted by Crippen LogP contribution is -2.52. The maximum atomic E-state index is 13.8. The van der Waals surface area contributed by atoms with Crippen molar-refractivity contribution in [3.8, 4) is 0 Å². The van der Waals surface area contributed by atoms with Gasteiger partial charge in [-0.3, -0.25) is 9.59 Å². The Hall–Kier alpha value is -3.40. The highest BCUT2D eigenvalue weighted by molar-refractivity contribution is 5.89. The number of hydrogen-bond donors (Lipinski definition) is 1. The van der Waals surface area contributed by atoms with Crippen LogP contribution in [0, 0.1) is 13.8 Å². The summed E-state index contributed by atoms with van der Waals surface area (Å²) in [7, 11) is 0. The van der Waals surface area contributed by atoms with Crippen LogP contribution in [0.3, 0.4) is 0 Å². The maximum Gasteiger partial charge on any atom is 0.243 e. The molecule has 0 unspecified atom stereocenters. The van der Waals surface area contributed by atoms with Crippen LogP contribution in [-0.2, 0) is 29.0 Å². The summed E-state index contributed by atoms with van der Waals surface area (Å²) >= 11 is 0. The third kappa shape index (κ3) is 7.31. The molecule has 4 nitrogen and oxygen atoms in total. The molecule has 0 heterocycles. The van der Waals surface area contributed by atoms with Gasteiger partial charge in [0, 0.05) is 19.0 Å². The van der Waals surface area contributed by atoms with Crippen molar-refractivity contribution in [2.45, 2.75) is 65.6 Å². The Morgan fingerprint density at radius 2 is 1.41 bits per heavy atom. The molecule has 178 valence electrons. The molecule has 0 saturated carbocycles. The van der Waals surface area contributed by atoms with Gasteiger partial charge in [0.1, 0.15) is 6.04 Å². The number of benzene rings is 3. The Kier molecular flexibility index (Phi) is 9.03. The molecule has 3 rings (SSSR count). The highest BCUT2D eigenvalue weighted by Gasteiger charge is 2.31. The molecule has 0 spiro atoms. The van der Waals surface area contributed by atoms with E-state index >= 15 is 0 Å². The summed E-state index contributed by atoms with van der Waals surface area (Å²) in [5.74, 6) is -0.157. The van der Waals surface area contributed by atoms with Gasteiger partial charge in [-0.1, -0.05) is 96.9 Å². The fourth-order valence-corrected chi connectivity index (χ4v) is 4.10. The molecule has 2 amide bonds. The third-order valence-electron chi connectivity index (χ3n) is 6.15. The topological polar surface area (TPSA) is 49.4 Å². The van der Waals surface area contributed by atoms with Crippen molar-refractivity contribution in [3.05, 3.63) is 107 Å². The number of nitrogens with zero attached hydrogens (tertiary/aromatic N) is 1.